The van der Waals surface area contributed by atoms with Crippen molar-refractivity contribution in [2.75, 3.05) is 14.1 Å². The Morgan fingerprint density at radius 2 is 2.26 bits per heavy atom. The van der Waals surface area contributed by atoms with Gasteiger partial charge in [-0.05, 0) is 18.6 Å². The fraction of sp³-hybridized carbons (Fsp3) is 0.385. The van der Waals surface area contributed by atoms with Gasteiger partial charge in [0.05, 0.1) is 15.2 Å². The van der Waals surface area contributed by atoms with E-state index in [9.17, 15) is 9.90 Å². The molecule has 0 bridgehead atoms. The Labute approximate surface area is 120 Å². The molecule has 2 aromatic rings. The highest BCUT2D eigenvalue weighted by Crippen LogP contribution is 2.38. The first-order chi connectivity index (χ1) is 8.90. The number of nitrogens with zero attached hydrogens (tertiary/aromatic N) is 2. The number of pyridine rings is 1. The fourth-order valence-electron chi connectivity index (χ4n) is 1.91. The van der Waals surface area contributed by atoms with E-state index in [-0.39, 0.29) is 5.91 Å². The normalized spacial score (nSPS) is 14.4. The number of aliphatic hydroxyl groups is 1. The highest BCUT2D eigenvalue weighted by Gasteiger charge is 2.39. The van der Waals surface area contributed by atoms with Crippen molar-refractivity contribution in [3.63, 3.8) is 0 Å². The van der Waals surface area contributed by atoms with Crippen molar-refractivity contribution in [1.82, 2.24) is 9.88 Å². The lowest BCUT2D eigenvalue weighted by atomic mass is 9.97. The maximum absolute atomic E-state index is 12.2. The third kappa shape index (κ3) is 2.33. The number of likely N-dealkylation sites (N-methyl/N-ethyl adjacent to an activating group) is 1. The van der Waals surface area contributed by atoms with Gasteiger partial charge in [0.2, 0.25) is 0 Å². The molecule has 0 saturated heterocycles. The van der Waals surface area contributed by atoms with Gasteiger partial charge in [0.25, 0.3) is 5.91 Å². The minimum Gasteiger partial charge on any atom is -0.375 e. The lowest BCUT2D eigenvalue weighted by Gasteiger charge is -2.27. The van der Waals surface area contributed by atoms with Crippen LogP contribution in [0.25, 0.3) is 10.2 Å². The van der Waals surface area contributed by atoms with Gasteiger partial charge in [-0.1, -0.05) is 18.5 Å². The highest BCUT2D eigenvalue weighted by atomic mass is 35.5. The van der Waals surface area contributed by atoms with E-state index in [0.717, 1.165) is 4.70 Å². The van der Waals surface area contributed by atoms with E-state index in [1.165, 1.54) is 16.2 Å². The number of carbonyl (C=O) groups is 1. The molecule has 0 aliphatic heterocycles. The third-order valence-corrected chi connectivity index (χ3v) is 4.78. The summed E-state index contributed by atoms with van der Waals surface area (Å²) in [6.07, 6.45) is 1.91. The first-order valence-corrected chi connectivity index (χ1v) is 7.08. The summed E-state index contributed by atoms with van der Waals surface area (Å²) in [4.78, 5) is 18.4. The molecule has 0 fully saturated rings. The van der Waals surface area contributed by atoms with Crippen molar-refractivity contribution in [3.8, 4) is 0 Å². The van der Waals surface area contributed by atoms with Crippen LogP contribution in [0.5, 0.6) is 0 Å². The van der Waals surface area contributed by atoms with Crippen LogP contribution in [0.3, 0.4) is 0 Å². The number of amides is 1. The molecule has 0 spiro atoms. The van der Waals surface area contributed by atoms with Crippen LogP contribution < -0.4 is 0 Å². The van der Waals surface area contributed by atoms with E-state index in [4.69, 9.17) is 11.6 Å². The lowest BCUT2D eigenvalue weighted by molar-refractivity contribution is -0.149. The van der Waals surface area contributed by atoms with Crippen LogP contribution in [0.4, 0.5) is 0 Å². The van der Waals surface area contributed by atoms with Gasteiger partial charge in [-0.15, -0.1) is 11.3 Å². The zero-order valence-corrected chi connectivity index (χ0v) is 12.5. The molecule has 0 aliphatic carbocycles. The topological polar surface area (TPSA) is 53.4 Å². The van der Waals surface area contributed by atoms with E-state index in [1.807, 2.05) is 0 Å². The SMILES string of the molecule is CCC(O)(C(=O)N(C)C)c1cc2nccc(Cl)c2s1. The molecule has 102 valence electrons. The predicted octanol–water partition coefficient (Wildman–Crippen LogP) is 2.64. The van der Waals surface area contributed by atoms with Crippen molar-refractivity contribution >= 4 is 39.1 Å². The maximum Gasteiger partial charge on any atom is 0.259 e. The zero-order valence-electron chi connectivity index (χ0n) is 11.0. The molecule has 6 heteroatoms. The summed E-state index contributed by atoms with van der Waals surface area (Å²) < 4.78 is 0.789. The van der Waals surface area contributed by atoms with Gasteiger partial charge >= 0.3 is 0 Å². The van der Waals surface area contributed by atoms with E-state index >= 15 is 0 Å². The van der Waals surface area contributed by atoms with Crippen LogP contribution >= 0.6 is 22.9 Å². The second kappa shape index (κ2) is 5.07. The molecule has 2 heterocycles. The van der Waals surface area contributed by atoms with Crippen LogP contribution in [0, 0.1) is 0 Å². The Morgan fingerprint density at radius 1 is 1.58 bits per heavy atom. The number of thiophene rings is 1. The van der Waals surface area contributed by atoms with E-state index in [0.29, 0.717) is 21.8 Å². The number of rotatable bonds is 3. The molecule has 2 rings (SSSR count). The minimum absolute atomic E-state index is 0.300. The van der Waals surface area contributed by atoms with Gasteiger partial charge in [-0.25, -0.2) is 0 Å². The van der Waals surface area contributed by atoms with Crippen molar-refractivity contribution < 1.29 is 9.90 Å². The summed E-state index contributed by atoms with van der Waals surface area (Å²) >= 11 is 7.41. The van der Waals surface area contributed by atoms with Crippen LogP contribution in [-0.4, -0.2) is 35.0 Å². The second-order valence-corrected chi connectivity index (χ2v) is 5.99. The summed E-state index contributed by atoms with van der Waals surface area (Å²) in [7, 11) is 3.25. The number of fused-ring (bicyclic) bond motifs is 1. The molecule has 1 unspecified atom stereocenters. The molecule has 0 radical (unpaired) electrons. The van der Waals surface area contributed by atoms with E-state index in [1.54, 1.807) is 39.3 Å². The molecule has 0 aromatic carbocycles. The average Bonchev–Trinajstić information content (AvgIpc) is 2.82. The summed E-state index contributed by atoms with van der Waals surface area (Å²) in [6, 6.07) is 3.43. The van der Waals surface area contributed by atoms with Crippen LogP contribution in [0.15, 0.2) is 18.3 Å². The quantitative estimate of drug-likeness (QED) is 0.948. The predicted molar refractivity (Wildman–Crippen MR) is 77.5 cm³/mol. The molecule has 19 heavy (non-hydrogen) atoms. The molecule has 1 atom stereocenters. The molecule has 0 aliphatic rings. The molecule has 2 aromatic heterocycles. The molecule has 1 N–H and O–H groups in total. The van der Waals surface area contributed by atoms with Gasteiger partial charge in [-0.2, -0.15) is 0 Å². The van der Waals surface area contributed by atoms with Crippen LogP contribution in [-0.2, 0) is 10.4 Å². The molecule has 1 amide bonds. The third-order valence-electron chi connectivity index (χ3n) is 3.04. The number of hydrogen-bond donors (Lipinski definition) is 1. The van der Waals surface area contributed by atoms with Crippen molar-refractivity contribution in [2.45, 2.75) is 18.9 Å². The fourth-order valence-corrected chi connectivity index (χ4v) is 3.35. The Kier molecular flexibility index (Phi) is 3.80. The van der Waals surface area contributed by atoms with Gasteiger partial charge < -0.3 is 10.0 Å². The zero-order chi connectivity index (χ0) is 14.2. The van der Waals surface area contributed by atoms with Crippen LogP contribution in [0.2, 0.25) is 5.02 Å². The summed E-state index contributed by atoms with van der Waals surface area (Å²) in [6.45, 7) is 1.78. The maximum atomic E-state index is 12.2. The Morgan fingerprint density at radius 3 is 2.79 bits per heavy atom. The summed E-state index contributed by atoms with van der Waals surface area (Å²) in [5.41, 5.74) is -0.816. The molecule has 0 saturated carbocycles. The molecular weight excluding hydrogens is 284 g/mol. The van der Waals surface area contributed by atoms with Crippen molar-refractivity contribution in [2.24, 2.45) is 0 Å². The number of halogens is 1. The van der Waals surface area contributed by atoms with Crippen molar-refractivity contribution in [1.29, 1.82) is 0 Å². The lowest BCUT2D eigenvalue weighted by Crippen LogP contribution is -2.42. The average molecular weight is 299 g/mol. The van der Waals surface area contributed by atoms with E-state index in [2.05, 4.69) is 4.98 Å². The molecular formula is C13H15ClN2O2S. The van der Waals surface area contributed by atoms with Gasteiger partial charge in [0.1, 0.15) is 0 Å². The first-order valence-electron chi connectivity index (χ1n) is 5.88. The first kappa shape index (κ1) is 14.2. The second-order valence-electron chi connectivity index (χ2n) is 4.53. The Hall–Kier alpha value is -1.17. The van der Waals surface area contributed by atoms with Gasteiger partial charge in [0.15, 0.2) is 5.60 Å². The number of carbonyl (C=O) groups excluding carboxylic acids is 1. The van der Waals surface area contributed by atoms with Crippen LogP contribution in [0.1, 0.15) is 18.2 Å². The van der Waals surface area contributed by atoms with Crippen molar-refractivity contribution in [3.05, 3.63) is 28.2 Å². The summed E-state index contributed by atoms with van der Waals surface area (Å²) in [5.74, 6) is -0.335. The Bertz CT molecular complexity index is 626. The smallest absolute Gasteiger partial charge is 0.259 e. The number of hydrogen-bond acceptors (Lipinski definition) is 4. The Balaban J connectivity index is 2.58. The largest absolute Gasteiger partial charge is 0.375 e. The van der Waals surface area contributed by atoms with E-state index < -0.39 is 5.60 Å². The van der Waals surface area contributed by atoms with Gasteiger partial charge in [-0.3, -0.25) is 9.78 Å². The summed E-state index contributed by atoms with van der Waals surface area (Å²) in [5, 5.41) is 11.3. The molecule has 4 nitrogen and oxygen atoms in total. The van der Waals surface area contributed by atoms with Gasteiger partial charge in [0, 0.05) is 25.2 Å². The highest BCUT2D eigenvalue weighted by molar-refractivity contribution is 7.19. The standard InChI is InChI=1S/C13H15ClN2O2S/c1-4-13(18,12(17)16(2)3)10-7-9-11(19-10)8(14)5-6-15-9/h5-7,18H,4H2,1-3H3. The minimum atomic E-state index is -1.52. The number of aromatic nitrogens is 1. The monoisotopic (exact) mass is 298 g/mol.